The molecular formula is C8H14N2O4. The molecule has 0 spiro atoms. The summed E-state index contributed by atoms with van der Waals surface area (Å²) in [5.74, 6) is -1.71. The second kappa shape index (κ2) is 5.95. The average Bonchev–Trinajstić information content (AvgIpc) is 2.01. The van der Waals surface area contributed by atoms with E-state index in [-0.39, 0.29) is 18.8 Å². The first-order chi connectivity index (χ1) is 6.45. The first-order valence-electron chi connectivity index (χ1n) is 4.19. The second-order valence-corrected chi connectivity index (χ2v) is 3.03. The molecule has 6 heteroatoms. The molecular weight excluding hydrogens is 188 g/mol. The van der Waals surface area contributed by atoms with Crippen molar-refractivity contribution >= 4 is 17.9 Å². The van der Waals surface area contributed by atoms with Crippen molar-refractivity contribution in [3.05, 3.63) is 0 Å². The minimum Gasteiger partial charge on any atom is -0.481 e. The lowest BCUT2D eigenvalue weighted by Crippen LogP contribution is -2.38. The standard InChI is InChI=1S/C8H14N2O4/c1-5(4-7(12)13)3-6(11)10-8(14)9-2/h5H,3-4H2,1-2H3,(H,12,13)(H2,9,10,11,14). The fourth-order valence-electron chi connectivity index (χ4n) is 0.927. The SMILES string of the molecule is CNC(=O)NC(=O)CC(C)CC(=O)O. The van der Waals surface area contributed by atoms with Gasteiger partial charge in [-0.3, -0.25) is 14.9 Å². The average molecular weight is 202 g/mol. The van der Waals surface area contributed by atoms with Gasteiger partial charge in [-0.2, -0.15) is 0 Å². The number of rotatable bonds is 4. The lowest BCUT2D eigenvalue weighted by atomic mass is 10.0. The lowest BCUT2D eigenvalue weighted by Gasteiger charge is -2.07. The van der Waals surface area contributed by atoms with E-state index in [1.54, 1.807) is 6.92 Å². The number of carbonyl (C=O) groups excluding carboxylic acids is 2. The van der Waals surface area contributed by atoms with Crippen LogP contribution in [-0.2, 0) is 9.59 Å². The molecule has 0 saturated carbocycles. The number of nitrogens with one attached hydrogen (secondary N) is 2. The van der Waals surface area contributed by atoms with Crippen LogP contribution in [0.25, 0.3) is 0 Å². The normalized spacial score (nSPS) is 11.6. The van der Waals surface area contributed by atoms with Crippen LogP contribution in [0.15, 0.2) is 0 Å². The van der Waals surface area contributed by atoms with Crippen LogP contribution in [0.4, 0.5) is 4.79 Å². The minimum absolute atomic E-state index is 0.0275. The van der Waals surface area contributed by atoms with Crippen LogP contribution in [0.2, 0.25) is 0 Å². The molecule has 0 aromatic rings. The highest BCUT2D eigenvalue weighted by Crippen LogP contribution is 2.06. The van der Waals surface area contributed by atoms with Gasteiger partial charge in [-0.25, -0.2) is 4.79 Å². The maximum Gasteiger partial charge on any atom is 0.321 e. The third-order valence-electron chi connectivity index (χ3n) is 1.54. The molecule has 0 aliphatic rings. The van der Waals surface area contributed by atoms with E-state index < -0.39 is 17.9 Å². The van der Waals surface area contributed by atoms with E-state index in [1.807, 2.05) is 0 Å². The summed E-state index contributed by atoms with van der Waals surface area (Å²) in [5, 5.41) is 12.7. The molecule has 3 N–H and O–H groups in total. The molecule has 0 fully saturated rings. The number of carboxylic acid groups (broad SMARTS) is 1. The summed E-state index contributed by atoms with van der Waals surface area (Å²) in [4.78, 5) is 32.0. The number of hydrogen-bond acceptors (Lipinski definition) is 3. The largest absolute Gasteiger partial charge is 0.481 e. The predicted octanol–water partition coefficient (Wildman–Crippen LogP) is -0.0571. The number of imide groups is 1. The second-order valence-electron chi connectivity index (χ2n) is 3.03. The summed E-state index contributed by atoms with van der Waals surface area (Å²) in [6.07, 6.45) is -0.0547. The van der Waals surface area contributed by atoms with Crippen molar-refractivity contribution in [2.24, 2.45) is 5.92 Å². The number of hydrogen-bond donors (Lipinski definition) is 3. The van der Waals surface area contributed by atoms with Crippen molar-refractivity contribution in [3.8, 4) is 0 Å². The van der Waals surface area contributed by atoms with E-state index in [4.69, 9.17) is 5.11 Å². The Morgan fingerprint density at radius 1 is 1.29 bits per heavy atom. The first-order valence-corrected chi connectivity index (χ1v) is 4.19. The molecule has 0 aliphatic heterocycles. The zero-order valence-corrected chi connectivity index (χ0v) is 8.16. The van der Waals surface area contributed by atoms with Crippen LogP contribution in [0.5, 0.6) is 0 Å². The number of carbonyl (C=O) groups is 3. The number of carboxylic acids is 1. The monoisotopic (exact) mass is 202 g/mol. The maximum atomic E-state index is 11.0. The van der Waals surface area contributed by atoms with Gasteiger partial charge in [-0.15, -0.1) is 0 Å². The molecule has 0 aromatic heterocycles. The van der Waals surface area contributed by atoms with Crippen LogP contribution in [0, 0.1) is 5.92 Å². The van der Waals surface area contributed by atoms with Gasteiger partial charge < -0.3 is 10.4 Å². The molecule has 80 valence electrons. The first kappa shape index (κ1) is 12.4. The Bertz CT molecular complexity index is 239. The van der Waals surface area contributed by atoms with Gasteiger partial charge in [-0.1, -0.05) is 6.92 Å². The van der Waals surface area contributed by atoms with Gasteiger partial charge in [0.25, 0.3) is 0 Å². The van der Waals surface area contributed by atoms with E-state index >= 15 is 0 Å². The molecule has 0 saturated heterocycles. The Balaban J connectivity index is 3.82. The van der Waals surface area contributed by atoms with Crippen LogP contribution < -0.4 is 10.6 Å². The summed E-state index contributed by atoms with van der Waals surface area (Å²) < 4.78 is 0. The summed E-state index contributed by atoms with van der Waals surface area (Å²) in [5.41, 5.74) is 0. The van der Waals surface area contributed by atoms with Gasteiger partial charge in [0.05, 0.1) is 0 Å². The summed E-state index contributed by atoms with van der Waals surface area (Å²) >= 11 is 0. The Morgan fingerprint density at radius 3 is 2.29 bits per heavy atom. The third-order valence-corrected chi connectivity index (χ3v) is 1.54. The van der Waals surface area contributed by atoms with Crippen LogP contribution in [0.3, 0.4) is 0 Å². The Hall–Kier alpha value is -1.59. The fraction of sp³-hybridized carbons (Fsp3) is 0.625. The third kappa shape index (κ3) is 5.99. The number of amides is 3. The highest BCUT2D eigenvalue weighted by atomic mass is 16.4. The molecule has 3 amide bonds. The summed E-state index contributed by atoms with van der Waals surface area (Å²) in [6.45, 7) is 1.64. The zero-order valence-electron chi connectivity index (χ0n) is 8.16. The highest BCUT2D eigenvalue weighted by molar-refractivity contribution is 5.94. The van der Waals surface area contributed by atoms with Crippen molar-refractivity contribution in [2.45, 2.75) is 19.8 Å². The van der Waals surface area contributed by atoms with Gasteiger partial charge in [0.2, 0.25) is 5.91 Å². The topological polar surface area (TPSA) is 95.5 Å². The Labute approximate surface area is 81.7 Å². The Kier molecular flexibility index (Phi) is 5.28. The van der Waals surface area contributed by atoms with E-state index in [9.17, 15) is 14.4 Å². The molecule has 0 aromatic carbocycles. The molecule has 0 bridgehead atoms. The fourth-order valence-corrected chi connectivity index (χ4v) is 0.927. The number of urea groups is 1. The van der Waals surface area contributed by atoms with Gasteiger partial charge in [0, 0.05) is 19.9 Å². The smallest absolute Gasteiger partial charge is 0.321 e. The molecule has 0 aliphatic carbocycles. The van der Waals surface area contributed by atoms with Gasteiger partial charge in [-0.05, 0) is 5.92 Å². The molecule has 1 unspecified atom stereocenters. The molecule has 1 atom stereocenters. The summed E-state index contributed by atoms with van der Waals surface area (Å²) in [7, 11) is 1.39. The summed E-state index contributed by atoms with van der Waals surface area (Å²) in [6, 6.07) is -0.586. The molecule has 6 nitrogen and oxygen atoms in total. The van der Waals surface area contributed by atoms with Crippen LogP contribution in [-0.4, -0.2) is 30.1 Å². The van der Waals surface area contributed by atoms with Crippen molar-refractivity contribution in [1.82, 2.24) is 10.6 Å². The van der Waals surface area contributed by atoms with Crippen molar-refractivity contribution in [1.29, 1.82) is 0 Å². The van der Waals surface area contributed by atoms with Gasteiger partial charge >= 0.3 is 12.0 Å². The maximum absolute atomic E-state index is 11.0. The zero-order chi connectivity index (χ0) is 11.1. The van der Waals surface area contributed by atoms with Crippen molar-refractivity contribution in [2.75, 3.05) is 7.05 Å². The quantitative estimate of drug-likeness (QED) is 0.595. The van der Waals surface area contributed by atoms with Crippen LogP contribution in [0.1, 0.15) is 19.8 Å². The van der Waals surface area contributed by atoms with Crippen molar-refractivity contribution < 1.29 is 19.5 Å². The van der Waals surface area contributed by atoms with E-state index in [0.29, 0.717) is 0 Å². The molecule has 0 rings (SSSR count). The lowest BCUT2D eigenvalue weighted by molar-refractivity contribution is -0.138. The van der Waals surface area contributed by atoms with Crippen molar-refractivity contribution in [3.63, 3.8) is 0 Å². The molecule has 0 radical (unpaired) electrons. The van der Waals surface area contributed by atoms with E-state index in [0.717, 1.165) is 0 Å². The van der Waals surface area contributed by atoms with Gasteiger partial charge in [0.1, 0.15) is 0 Å². The molecule has 14 heavy (non-hydrogen) atoms. The van der Waals surface area contributed by atoms with E-state index in [2.05, 4.69) is 10.6 Å². The predicted molar refractivity (Wildman–Crippen MR) is 48.6 cm³/mol. The van der Waals surface area contributed by atoms with E-state index in [1.165, 1.54) is 7.05 Å². The number of aliphatic carboxylic acids is 1. The van der Waals surface area contributed by atoms with Gasteiger partial charge in [0.15, 0.2) is 0 Å². The minimum atomic E-state index is -0.953. The van der Waals surface area contributed by atoms with Crippen LogP contribution >= 0.6 is 0 Å². The highest BCUT2D eigenvalue weighted by Gasteiger charge is 2.13. The Morgan fingerprint density at radius 2 is 1.86 bits per heavy atom. The molecule has 0 heterocycles.